The van der Waals surface area contributed by atoms with Gasteiger partial charge in [-0.05, 0) is 48.9 Å². The molecule has 0 aliphatic carbocycles. The maximum absolute atomic E-state index is 13.9. The average molecular weight is 493 g/mol. The second-order valence-electron chi connectivity index (χ2n) is 9.34. The summed E-state index contributed by atoms with van der Waals surface area (Å²) in [6.45, 7) is 2.92. The van der Waals surface area contributed by atoms with Gasteiger partial charge in [0.05, 0.1) is 18.0 Å². The van der Waals surface area contributed by atoms with Crippen LogP contribution >= 0.6 is 0 Å². The molecule has 0 aliphatic rings. The second-order valence-corrected chi connectivity index (χ2v) is 9.34. The Hall–Kier alpha value is -3.79. The molecule has 0 aliphatic heterocycles. The van der Waals surface area contributed by atoms with Crippen LogP contribution in [0, 0.1) is 0 Å². The highest BCUT2D eigenvalue weighted by molar-refractivity contribution is 6.15. The summed E-state index contributed by atoms with van der Waals surface area (Å²) in [6, 6.07) is 24.8. The highest BCUT2D eigenvalue weighted by atomic mass is 16.5. The highest BCUT2D eigenvalue weighted by Crippen LogP contribution is 2.31. The minimum atomic E-state index is -0.0588. The van der Waals surface area contributed by atoms with E-state index in [1.165, 1.54) is 44.9 Å². The van der Waals surface area contributed by atoms with Gasteiger partial charge in [-0.2, -0.15) is 0 Å². The van der Waals surface area contributed by atoms with Gasteiger partial charge in [-0.1, -0.05) is 88.3 Å². The van der Waals surface area contributed by atoms with Crippen LogP contribution in [0.2, 0.25) is 0 Å². The van der Waals surface area contributed by atoms with Gasteiger partial charge in [0.2, 0.25) is 0 Å². The van der Waals surface area contributed by atoms with Crippen molar-refractivity contribution < 1.29 is 9.53 Å². The van der Waals surface area contributed by atoms with Crippen LogP contribution in [0.25, 0.3) is 22.5 Å². The number of pyridine rings is 2. The molecular formula is C33H36N2O2. The molecule has 4 heteroatoms. The van der Waals surface area contributed by atoms with E-state index in [9.17, 15) is 4.79 Å². The largest absolute Gasteiger partial charge is 0.494 e. The van der Waals surface area contributed by atoms with Crippen LogP contribution in [0.3, 0.4) is 0 Å². The average Bonchev–Trinajstić information content (AvgIpc) is 2.97. The van der Waals surface area contributed by atoms with Crippen molar-refractivity contribution in [1.82, 2.24) is 9.97 Å². The molecule has 0 saturated carbocycles. The molecule has 37 heavy (non-hydrogen) atoms. The maximum atomic E-state index is 13.9. The maximum Gasteiger partial charge on any atom is 0.194 e. The van der Waals surface area contributed by atoms with E-state index >= 15 is 0 Å². The summed E-state index contributed by atoms with van der Waals surface area (Å²) in [7, 11) is 0. The Morgan fingerprint density at radius 2 is 1.24 bits per heavy atom. The summed E-state index contributed by atoms with van der Waals surface area (Å²) in [5.41, 5.74) is 4.33. The summed E-state index contributed by atoms with van der Waals surface area (Å²) in [5, 5.41) is 0. The lowest BCUT2D eigenvalue weighted by Crippen LogP contribution is -2.07. The molecule has 2 aromatic carbocycles. The first-order valence-corrected chi connectivity index (χ1v) is 13.5. The molecule has 0 atom stereocenters. The number of hydrogen-bond acceptors (Lipinski definition) is 4. The van der Waals surface area contributed by atoms with E-state index in [0.29, 0.717) is 17.7 Å². The Morgan fingerprint density at radius 1 is 0.649 bits per heavy atom. The predicted molar refractivity (Wildman–Crippen MR) is 151 cm³/mol. The van der Waals surface area contributed by atoms with Crippen LogP contribution in [0.4, 0.5) is 0 Å². The zero-order valence-corrected chi connectivity index (χ0v) is 21.7. The van der Waals surface area contributed by atoms with E-state index < -0.39 is 0 Å². The lowest BCUT2D eigenvalue weighted by Gasteiger charge is -2.14. The molecular weight excluding hydrogens is 456 g/mol. The Kier molecular flexibility index (Phi) is 10.00. The van der Waals surface area contributed by atoms with Crippen LogP contribution in [-0.2, 0) is 0 Å². The van der Waals surface area contributed by atoms with Crippen LogP contribution in [-0.4, -0.2) is 22.4 Å². The van der Waals surface area contributed by atoms with Crippen molar-refractivity contribution in [2.24, 2.45) is 0 Å². The fourth-order valence-corrected chi connectivity index (χ4v) is 4.54. The third kappa shape index (κ3) is 7.36. The number of carbonyl (C=O) groups excluding carboxylic acids is 1. The first-order chi connectivity index (χ1) is 18.3. The molecule has 2 aromatic heterocycles. The zero-order valence-electron chi connectivity index (χ0n) is 21.7. The van der Waals surface area contributed by atoms with Gasteiger partial charge >= 0.3 is 0 Å². The topological polar surface area (TPSA) is 52.1 Å². The normalized spacial score (nSPS) is 10.8. The molecule has 0 spiro atoms. The van der Waals surface area contributed by atoms with Crippen LogP contribution in [0.15, 0.2) is 91.3 Å². The number of rotatable bonds is 14. The lowest BCUT2D eigenvalue weighted by molar-refractivity contribution is 0.104. The van der Waals surface area contributed by atoms with Crippen molar-refractivity contribution in [3.05, 3.63) is 102 Å². The summed E-state index contributed by atoms with van der Waals surface area (Å²) in [5.74, 6) is 0.703. The number of unbranched alkanes of at least 4 members (excludes halogenated alkanes) is 7. The quantitative estimate of drug-likeness (QED) is 0.131. The molecule has 4 nitrogen and oxygen atoms in total. The van der Waals surface area contributed by atoms with Gasteiger partial charge in [0.25, 0.3) is 0 Å². The van der Waals surface area contributed by atoms with Crippen molar-refractivity contribution in [3.63, 3.8) is 0 Å². The number of ether oxygens (including phenoxy) is 1. The van der Waals surface area contributed by atoms with Gasteiger partial charge in [0.1, 0.15) is 5.75 Å². The number of nitrogens with zero attached hydrogens (tertiary/aromatic N) is 2. The number of ketones is 1. The van der Waals surface area contributed by atoms with Crippen molar-refractivity contribution in [2.75, 3.05) is 6.61 Å². The smallest absolute Gasteiger partial charge is 0.194 e. The number of benzene rings is 2. The molecule has 0 unspecified atom stereocenters. The molecule has 0 radical (unpaired) electrons. The highest BCUT2D eigenvalue weighted by Gasteiger charge is 2.20. The summed E-state index contributed by atoms with van der Waals surface area (Å²) < 4.78 is 6.10. The molecule has 4 rings (SSSR count). The Morgan fingerprint density at radius 3 is 1.92 bits per heavy atom. The van der Waals surface area contributed by atoms with Gasteiger partial charge in [-0.3, -0.25) is 14.8 Å². The minimum absolute atomic E-state index is 0.0588. The number of aromatic nitrogens is 2. The van der Waals surface area contributed by atoms with Crippen molar-refractivity contribution in [1.29, 1.82) is 0 Å². The van der Waals surface area contributed by atoms with Gasteiger partial charge in [0.15, 0.2) is 5.78 Å². The second kappa shape index (κ2) is 14.1. The van der Waals surface area contributed by atoms with Gasteiger partial charge in [-0.25, -0.2) is 0 Å². The van der Waals surface area contributed by atoms with Gasteiger partial charge < -0.3 is 4.74 Å². The molecule has 0 amide bonds. The van der Waals surface area contributed by atoms with E-state index in [4.69, 9.17) is 4.74 Å². The SMILES string of the molecule is CCCCCCCCCCOc1ccc(C(=O)c2ccccc2-c2ccccn2)c(-c2ccccn2)c1. The van der Waals surface area contributed by atoms with Crippen LogP contribution in [0.1, 0.15) is 74.2 Å². The Labute approximate surface area is 220 Å². The zero-order chi connectivity index (χ0) is 25.7. The third-order valence-electron chi connectivity index (χ3n) is 6.56. The van der Waals surface area contributed by atoms with Gasteiger partial charge in [-0.15, -0.1) is 0 Å². The number of hydrogen-bond donors (Lipinski definition) is 0. The van der Waals surface area contributed by atoms with Crippen molar-refractivity contribution in [3.8, 4) is 28.3 Å². The first-order valence-electron chi connectivity index (χ1n) is 13.5. The van der Waals surface area contributed by atoms with Crippen molar-refractivity contribution in [2.45, 2.75) is 58.3 Å². The molecule has 0 bridgehead atoms. The van der Waals surface area contributed by atoms with Crippen LogP contribution in [0.5, 0.6) is 5.75 Å². The summed E-state index contributed by atoms with van der Waals surface area (Å²) in [4.78, 5) is 22.9. The summed E-state index contributed by atoms with van der Waals surface area (Å²) in [6.07, 6.45) is 13.6. The molecule has 4 aromatic rings. The predicted octanol–water partition coefficient (Wildman–Crippen LogP) is 8.56. The monoisotopic (exact) mass is 492 g/mol. The minimum Gasteiger partial charge on any atom is -0.494 e. The fourth-order valence-electron chi connectivity index (χ4n) is 4.54. The third-order valence-corrected chi connectivity index (χ3v) is 6.56. The first kappa shape index (κ1) is 26.3. The molecule has 0 N–H and O–H groups in total. The molecule has 0 saturated heterocycles. The summed E-state index contributed by atoms with van der Waals surface area (Å²) >= 11 is 0. The van der Waals surface area contributed by atoms with Gasteiger partial charge in [0, 0.05) is 34.6 Å². The number of carbonyl (C=O) groups is 1. The van der Waals surface area contributed by atoms with E-state index in [0.717, 1.165) is 34.7 Å². The fraction of sp³-hybridized carbons (Fsp3) is 0.303. The van der Waals surface area contributed by atoms with E-state index in [1.54, 1.807) is 12.4 Å². The lowest BCUT2D eigenvalue weighted by atomic mass is 9.92. The van der Waals surface area contributed by atoms with Crippen LogP contribution < -0.4 is 4.74 Å². The van der Waals surface area contributed by atoms with Crippen molar-refractivity contribution >= 4 is 5.78 Å². The Bertz CT molecular complexity index is 1260. The Balaban J connectivity index is 1.51. The standard InChI is InChI=1S/C33H36N2O2/c1-2-3-4-5-6-7-8-15-24-37-26-20-21-29(30(25-26)32-19-12-14-23-35-32)33(36)28-17-10-9-16-27(28)31-18-11-13-22-34-31/h9-14,16-23,25H,2-8,15,24H2,1H3. The molecule has 0 fully saturated rings. The molecule has 190 valence electrons. The van der Waals surface area contributed by atoms with E-state index in [-0.39, 0.29) is 5.78 Å². The van der Waals surface area contributed by atoms with E-state index in [1.807, 2.05) is 78.9 Å². The van der Waals surface area contributed by atoms with E-state index in [2.05, 4.69) is 16.9 Å². The molecule has 2 heterocycles.